The van der Waals surface area contributed by atoms with Crippen LogP contribution < -0.4 is 14.3 Å². The molecule has 150 valence electrons. The highest BCUT2D eigenvalue weighted by Gasteiger charge is 2.15. The number of furan rings is 1. The number of thiazole rings is 1. The molecule has 8 heteroatoms. The monoisotopic (exact) mass is 428 g/mol. The second kappa shape index (κ2) is 8.34. The molecule has 0 spiro atoms. The lowest BCUT2D eigenvalue weighted by Crippen LogP contribution is -2.18. The number of para-hydroxylation sites is 1. The topological polar surface area (TPSA) is 66.0 Å². The largest absolute Gasteiger partial charge is 0.493 e. The summed E-state index contributed by atoms with van der Waals surface area (Å²) in [6.45, 7) is 0.725. The average Bonchev–Trinajstić information content (AvgIpc) is 3.32. The van der Waals surface area contributed by atoms with Gasteiger partial charge in [0.05, 0.1) is 24.4 Å². The van der Waals surface area contributed by atoms with Crippen LogP contribution in [-0.4, -0.2) is 36.7 Å². The molecule has 29 heavy (non-hydrogen) atoms. The van der Waals surface area contributed by atoms with Crippen molar-refractivity contribution in [3.05, 3.63) is 53.0 Å². The lowest BCUT2D eigenvalue weighted by molar-refractivity contribution is 0.0973. The maximum atomic E-state index is 12.8. The van der Waals surface area contributed by atoms with Crippen LogP contribution in [0.3, 0.4) is 0 Å². The number of thioether (sulfide) groups is 1. The van der Waals surface area contributed by atoms with Gasteiger partial charge in [-0.25, -0.2) is 0 Å². The van der Waals surface area contributed by atoms with Gasteiger partial charge in [0.25, 0.3) is 0 Å². The molecule has 0 unspecified atom stereocenters. The summed E-state index contributed by atoms with van der Waals surface area (Å²) in [4.78, 5) is 17.8. The summed E-state index contributed by atoms with van der Waals surface area (Å²) in [5.41, 5.74) is 1.63. The smallest absolute Gasteiger partial charge is 0.315 e. The molecule has 0 aliphatic rings. The molecule has 0 fully saturated rings. The lowest BCUT2D eigenvalue weighted by atomic mass is 10.2. The Morgan fingerprint density at radius 2 is 1.93 bits per heavy atom. The number of aryl methyl sites for hydroxylation is 1. The Bertz CT molecular complexity index is 1220. The number of benzene rings is 2. The van der Waals surface area contributed by atoms with Gasteiger partial charge in [-0.3, -0.25) is 4.79 Å². The maximum Gasteiger partial charge on any atom is 0.315 e. The summed E-state index contributed by atoms with van der Waals surface area (Å²) >= 11 is 3.18. The van der Waals surface area contributed by atoms with E-state index in [1.165, 1.54) is 11.3 Å². The van der Waals surface area contributed by atoms with Crippen LogP contribution in [0, 0.1) is 0 Å². The number of carbonyl (C=O) groups excluding carboxylic acids is 1. The molecule has 0 bridgehead atoms. The van der Waals surface area contributed by atoms with Crippen molar-refractivity contribution in [2.45, 2.75) is 6.54 Å². The number of rotatable bonds is 6. The van der Waals surface area contributed by atoms with Gasteiger partial charge in [-0.05, 0) is 18.4 Å². The molecule has 0 aliphatic carbocycles. The van der Waals surface area contributed by atoms with Crippen molar-refractivity contribution < 1.29 is 18.7 Å². The Kier molecular flexibility index (Phi) is 5.64. The maximum absolute atomic E-state index is 12.8. The van der Waals surface area contributed by atoms with Crippen molar-refractivity contribution in [1.29, 1.82) is 0 Å². The van der Waals surface area contributed by atoms with Crippen molar-refractivity contribution in [2.24, 2.45) is 4.99 Å². The number of aromatic nitrogens is 1. The quantitative estimate of drug-likeness (QED) is 0.450. The van der Waals surface area contributed by atoms with Gasteiger partial charge >= 0.3 is 5.91 Å². The molecule has 2 aromatic carbocycles. The van der Waals surface area contributed by atoms with Crippen molar-refractivity contribution in [3.8, 4) is 11.5 Å². The number of hydrogen-bond donors (Lipinski definition) is 0. The number of hydrogen-bond acceptors (Lipinski definition) is 6. The van der Waals surface area contributed by atoms with Gasteiger partial charge < -0.3 is 18.5 Å². The number of methoxy groups -OCH3 is 2. The second-order valence-electron chi connectivity index (χ2n) is 6.27. The molecule has 6 nitrogen and oxygen atoms in total. The van der Waals surface area contributed by atoms with Crippen LogP contribution in [0.15, 0.2) is 51.9 Å². The van der Waals surface area contributed by atoms with E-state index in [0.717, 1.165) is 27.9 Å². The van der Waals surface area contributed by atoms with E-state index in [-0.39, 0.29) is 5.76 Å². The number of fused-ring (bicyclic) bond motifs is 2. The van der Waals surface area contributed by atoms with Crippen LogP contribution in [0.2, 0.25) is 0 Å². The molecule has 2 aromatic heterocycles. The average molecular weight is 429 g/mol. The number of carbonyl (C=O) groups is 1. The highest BCUT2D eigenvalue weighted by molar-refractivity contribution is 7.98. The van der Waals surface area contributed by atoms with E-state index in [4.69, 9.17) is 13.9 Å². The fourth-order valence-electron chi connectivity index (χ4n) is 3.11. The van der Waals surface area contributed by atoms with E-state index in [9.17, 15) is 4.79 Å². The number of ether oxygens (including phenoxy) is 2. The van der Waals surface area contributed by atoms with Crippen LogP contribution in [0.1, 0.15) is 10.6 Å². The normalized spacial score (nSPS) is 12.0. The molecule has 0 radical (unpaired) electrons. The zero-order valence-corrected chi connectivity index (χ0v) is 17.9. The van der Waals surface area contributed by atoms with Crippen molar-refractivity contribution in [3.63, 3.8) is 0 Å². The molecule has 0 saturated heterocycles. The molecule has 4 rings (SSSR count). The molecule has 2 heterocycles. The molecule has 0 aliphatic heterocycles. The summed E-state index contributed by atoms with van der Waals surface area (Å²) in [6.07, 6.45) is 2.05. The third kappa shape index (κ3) is 3.77. The van der Waals surface area contributed by atoms with E-state index < -0.39 is 5.91 Å². The van der Waals surface area contributed by atoms with E-state index in [1.807, 2.05) is 41.0 Å². The second-order valence-corrected chi connectivity index (χ2v) is 8.26. The molecule has 1 amide bonds. The first-order valence-electron chi connectivity index (χ1n) is 8.96. The summed E-state index contributed by atoms with van der Waals surface area (Å²) < 4.78 is 19.6. The fourth-order valence-corrected chi connectivity index (χ4v) is 4.54. The Morgan fingerprint density at radius 3 is 2.66 bits per heavy atom. The number of amides is 1. The zero-order valence-electron chi connectivity index (χ0n) is 16.3. The summed E-state index contributed by atoms with van der Waals surface area (Å²) in [7, 11) is 3.22. The summed E-state index contributed by atoms with van der Waals surface area (Å²) in [6, 6.07) is 13.1. The first kappa shape index (κ1) is 19.6. The zero-order chi connectivity index (χ0) is 20.4. The van der Waals surface area contributed by atoms with Crippen LogP contribution >= 0.6 is 23.1 Å². The standard InChI is InChI=1S/C21H20N2O4S2/c1-25-16-11-14-19(12-17(16)26-2)29-21(23(14)8-9-28-3)22-20(24)18-10-13-6-4-5-7-15(13)27-18/h4-7,10-12H,8-9H2,1-3H3. The molecular formula is C21H20N2O4S2. The minimum Gasteiger partial charge on any atom is -0.493 e. The van der Waals surface area contributed by atoms with Gasteiger partial charge in [-0.1, -0.05) is 29.5 Å². The van der Waals surface area contributed by atoms with Gasteiger partial charge in [0.15, 0.2) is 22.1 Å². The van der Waals surface area contributed by atoms with Gasteiger partial charge in [0.2, 0.25) is 0 Å². The predicted octanol–water partition coefficient (Wildman–Crippen LogP) is 4.57. The van der Waals surface area contributed by atoms with Gasteiger partial charge in [0.1, 0.15) is 5.58 Å². The van der Waals surface area contributed by atoms with Crippen LogP contribution in [0.4, 0.5) is 0 Å². The first-order chi connectivity index (χ1) is 14.1. The Balaban J connectivity index is 1.84. The third-order valence-electron chi connectivity index (χ3n) is 4.54. The van der Waals surface area contributed by atoms with Gasteiger partial charge in [-0.2, -0.15) is 16.8 Å². The van der Waals surface area contributed by atoms with E-state index >= 15 is 0 Å². The SMILES string of the molecule is COc1cc2sc(=NC(=O)c3cc4ccccc4o3)n(CCSC)c2cc1OC. The summed E-state index contributed by atoms with van der Waals surface area (Å²) in [5, 5.41) is 0.882. The van der Waals surface area contributed by atoms with Crippen molar-refractivity contribution >= 4 is 50.2 Å². The molecule has 0 atom stereocenters. The third-order valence-corrected chi connectivity index (χ3v) is 6.17. The van der Waals surface area contributed by atoms with Crippen LogP contribution in [-0.2, 0) is 6.54 Å². The molecular weight excluding hydrogens is 408 g/mol. The Morgan fingerprint density at radius 1 is 1.17 bits per heavy atom. The fraction of sp³-hybridized carbons (Fsp3) is 0.238. The number of nitrogens with zero attached hydrogens (tertiary/aromatic N) is 2. The van der Waals surface area contributed by atoms with Gasteiger partial charge in [0, 0.05) is 29.8 Å². The van der Waals surface area contributed by atoms with Crippen molar-refractivity contribution in [2.75, 3.05) is 26.2 Å². The van der Waals surface area contributed by atoms with E-state index in [1.54, 1.807) is 32.0 Å². The molecule has 0 saturated carbocycles. The lowest BCUT2D eigenvalue weighted by Gasteiger charge is -2.09. The molecule has 0 N–H and O–H groups in total. The Hall–Kier alpha value is -2.71. The predicted molar refractivity (Wildman–Crippen MR) is 117 cm³/mol. The van der Waals surface area contributed by atoms with Crippen LogP contribution in [0.5, 0.6) is 11.5 Å². The Labute approximate surface area is 175 Å². The summed E-state index contributed by atoms with van der Waals surface area (Å²) in [5.74, 6) is 2.02. The van der Waals surface area contributed by atoms with E-state index in [0.29, 0.717) is 21.9 Å². The highest BCUT2D eigenvalue weighted by Crippen LogP contribution is 2.33. The molecule has 4 aromatic rings. The van der Waals surface area contributed by atoms with Gasteiger partial charge in [-0.15, -0.1) is 0 Å². The minimum atomic E-state index is -0.399. The van der Waals surface area contributed by atoms with Crippen LogP contribution in [0.25, 0.3) is 21.2 Å². The minimum absolute atomic E-state index is 0.232. The van der Waals surface area contributed by atoms with E-state index in [2.05, 4.69) is 11.2 Å². The van der Waals surface area contributed by atoms with Crippen molar-refractivity contribution in [1.82, 2.24) is 4.57 Å². The highest BCUT2D eigenvalue weighted by atomic mass is 32.2. The first-order valence-corrected chi connectivity index (χ1v) is 11.2.